The second-order valence-electron chi connectivity index (χ2n) is 4.91. The Morgan fingerprint density at radius 1 is 1.44 bits per heavy atom. The van der Waals surface area contributed by atoms with Gasteiger partial charge in [-0.15, -0.1) is 0 Å². The average Bonchev–Trinajstić information content (AvgIpc) is 2.27. The molecule has 1 saturated heterocycles. The lowest BCUT2D eigenvalue weighted by molar-refractivity contribution is -0.146. The molecule has 3 nitrogen and oxygen atoms in total. The molecule has 2 atom stereocenters. The average molecular weight is 267 g/mol. The number of carbonyl (C=O) groups is 1. The molecule has 1 N–H and O–H groups in total. The van der Waals surface area contributed by atoms with E-state index in [1.165, 1.54) is 0 Å². The van der Waals surface area contributed by atoms with Crippen molar-refractivity contribution in [1.82, 2.24) is 4.90 Å². The zero-order valence-electron chi connectivity index (χ0n) is 10.5. The number of halogens is 3. The molecule has 0 saturated carbocycles. The molecule has 1 aliphatic rings. The zero-order valence-corrected chi connectivity index (χ0v) is 10.5. The Morgan fingerprint density at radius 2 is 2.11 bits per heavy atom. The molecule has 0 amide bonds. The van der Waals surface area contributed by atoms with Crippen molar-refractivity contribution in [3.8, 4) is 0 Å². The monoisotopic (exact) mass is 267 g/mol. The highest BCUT2D eigenvalue weighted by Gasteiger charge is 2.33. The summed E-state index contributed by atoms with van der Waals surface area (Å²) in [6.45, 7) is 2.82. The fourth-order valence-corrected chi connectivity index (χ4v) is 2.46. The maximum absolute atomic E-state index is 12.0. The maximum atomic E-state index is 12.0. The lowest BCUT2D eigenvalue weighted by Crippen LogP contribution is -2.47. The third-order valence-electron chi connectivity index (χ3n) is 3.59. The normalized spacial score (nSPS) is 26.2. The Bertz CT molecular complexity index is 281. The Hall–Kier alpha value is -0.780. The van der Waals surface area contributed by atoms with Gasteiger partial charge in [-0.2, -0.15) is 13.2 Å². The minimum atomic E-state index is -4.15. The van der Waals surface area contributed by atoms with E-state index in [1.54, 1.807) is 4.90 Å². The van der Waals surface area contributed by atoms with Crippen LogP contribution < -0.4 is 0 Å². The molecule has 106 valence electrons. The predicted molar refractivity (Wildman–Crippen MR) is 61.3 cm³/mol. The summed E-state index contributed by atoms with van der Waals surface area (Å²) in [5.74, 6) is -0.537. The van der Waals surface area contributed by atoms with E-state index in [4.69, 9.17) is 5.11 Å². The molecule has 0 aromatic heterocycles. The van der Waals surface area contributed by atoms with Crippen molar-refractivity contribution in [2.75, 3.05) is 13.1 Å². The van der Waals surface area contributed by atoms with Gasteiger partial charge in [0.05, 0.1) is 0 Å². The van der Waals surface area contributed by atoms with Gasteiger partial charge in [-0.05, 0) is 38.3 Å². The van der Waals surface area contributed by atoms with Crippen LogP contribution in [-0.4, -0.2) is 41.3 Å². The number of carboxylic acids is 1. The number of nitrogens with zero attached hydrogens (tertiary/aromatic N) is 1. The smallest absolute Gasteiger partial charge is 0.389 e. The summed E-state index contributed by atoms with van der Waals surface area (Å²) in [6, 6.07) is -0.614. The molecule has 0 radical (unpaired) electrons. The van der Waals surface area contributed by atoms with Crippen LogP contribution in [-0.2, 0) is 4.79 Å². The first-order chi connectivity index (χ1) is 8.33. The van der Waals surface area contributed by atoms with Gasteiger partial charge in [-0.25, -0.2) is 0 Å². The van der Waals surface area contributed by atoms with Gasteiger partial charge in [-0.3, -0.25) is 9.69 Å². The number of rotatable bonds is 5. The van der Waals surface area contributed by atoms with Gasteiger partial charge in [0.2, 0.25) is 0 Å². The first-order valence-electron chi connectivity index (χ1n) is 6.37. The van der Waals surface area contributed by atoms with Crippen LogP contribution in [0.2, 0.25) is 0 Å². The van der Waals surface area contributed by atoms with E-state index in [0.29, 0.717) is 18.9 Å². The van der Waals surface area contributed by atoms with Crippen LogP contribution in [0.25, 0.3) is 0 Å². The van der Waals surface area contributed by atoms with Crippen molar-refractivity contribution in [3.05, 3.63) is 0 Å². The van der Waals surface area contributed by atoms with Crippen molar-refractivity contribution < 1.29 is 23.1 Å². The van der Waals surface area contributed by atoms with Crippen molar-refractivity contribution in [2.45, 2.75) is 51.2 Å². The predicted octanol–water partition coefficient (Wildman–Crippen LogP) is 2.90. The molecule has 0 spiro atoms. The molecule has 1 aliphatic heterocycles. The van der Waals surface area contributed by atoms with Crippen molar-refractivity contribution in [1.29, 1.82) is 0 Å². The van der Waals surface area contributed by atoms with Gasteiger partial charge in [0.15, 0.2) is 0 Å². The molecule has 0 aliphatic carbocycles. The van der Waals surface area contributed by atoms with Crippen LogP contribution in [0.3, 0.4) is 0 Å². The number of alkyl halides is 3. The van der Waals surface area contributed by atoms with Crippen LogP contribution >= 0.6 is 0 Å². The summed E-state index contributed by atoms with van der Waals surface area (Å²) in [4.78, 5) is 12.8. The van der Waals surface area contributed by atoms with Gasteiger partial charge in [0.25, 0.3) is 0 Å². The Kier molecular flexibility index (Phi) is 5.44. The summed E-state index contributed by atoms with van der Waals surface area (Å²) in [5, 5.41) is 9.12. The van der Waals surface area contributed by atoms with Gasteiger partial charge >= 0.3 is 12.1 Å². The minimum absolute atomic E-state index is 0.0237. The van der Waals surface area contributed by atoms with E-state index >= 15 is 0 Å². The first-order valence-corrected chi connectivity index (χ1v) is 6.37. The molecular formula is C12H20F3NO2. The van der Waals surface area contributed by atoms with Crippen LogP contribution in [0.4, 0.5) is 13.2 Å². The number of aliphatic carboxylic acids is 1. The van der Waals surface area contributed by atoms with E-state index in [-0.39, 0.29) is 13.0 Å². The summed E-state index contributed by atoms with van der Waals surface area (Å²) >= 11 is 0. The molecular weight excluding hydrogens is 247 g/mol. The summed E-state index contributed by atoms with van der Waals surface area (Å²) < 4.78 is 36.1. The van der Waals surface area contributed by atoms with Crippen LogP contribution in [0.5, 0.6) is 0 Å². The largest absolute Gasteiger partial charge is 0.480 e. The molecule has 1 heterocycles. The molecule has 1 fully saturated rings. The second-order valence-corrected chi connectivity index (χ2v) is 4.91. The molecule has 1 rings (SSSR count). The van der Waals surface area contributed by atoms with E-state index in [0.717, 1.165) is 12.8 Å². The van der Waals surface area contributed by atoms with E-state index in [2.05, 4.69) is 0 Å². The quantitative estimate of drug-likeness (QED) is 0.832. The number of hydrogen-bond donors (Lipinski definition) is 1. The summed E-state index contributed by atoms with van der Waals surface area (Å²) in [5.41, 5.74) is 0. The number of hydrogen-bond acceptors (Lipinski definition) is 2. The molecule has 0 aromatic carbocycles. The Morgan fingerprint density at radius 3 is 2.61 bits per heavy atom. The van der Waals surface area contributed by atoms with Gasteiger partial charge in [0.1, 0.15) is 6.04 Å². The van der Waals surface area contributed by atoms with Gasteiger partial charge in [0, 0.05) is 6.42 Å². The molecule has 2 unspecified atom stereocenters. The first kappa shape index (κ1) is 15.3. The molecule has 18 heavy (non-hydrogen) atoms. The van der Waals surface area contributed by atoms with Crippen molar-refractivity contribution >= 4 is 5.97 Å². The fourth-order valence-electron chi connectivity index (χ4n) is 2.46. The van der Waals surface area contributed by atoms with E-state index in [1.807, 2.05) is 6.92 Å². The molecule has 0 bridgehead atoms. The Labute approximate surface area is 105 Å². The second kappa shape index (κ2) is 6.41. The van der Waals surface area contributed by atoms with Crippen molar-refractivity contribution in [3.63, 3.8) is 0 Å². The highest BCUT2D eigenvalue weighted by molar-refractivity contribution is 5.73. The number of carboxylic acid groups (broad SMARTS) is 1. The van der Waals surface area contributed by atoms with Gasteiger partial charge < -0.3 is 5.11 Å². The fraction of sp³-hybridized carbons (Fsp3) is 0.917. The van der Waals surface area contributed by atoms with E-state index in [9.17, 15) is 18.0 Å². The summed E-state index contributed by atoms with van der Waals surface area (Å²) in [6.07, 6.45) is -2.65. The lowest BCUT2D eigenvalue weighted by Gasteiger charge is -2.37. The van der Waals surface area contributed by atoms with Crippen molar-refractivity contribution in [2.24, 2.45) is 5.92 Å². The maximum Gasteiger partial charge on any atom is 0.389 e. The van der Waals surface area contributed by atoms with Crippen LogP contribution in [0, 0.1) is 5.92 Å². The zero-order chi connectivity index (χ0) is 13.8. The van der Waals surface area contributed by atoms with E-state index < -0.39 is 24.6 Å². The third-order valence-corrected chi connectivity index (χ3v) is 3.59. The number of likely N-dealkylation sites (tertiary alicyclic amines) is 1. The Balaban J connectivity index is 2.45. The highest BCUT2D eigenvalue weighted by Crippen LogP contribution is 2.27. The molecule has 6 heteroatoms. The standard InChI is InChI=1S/C12H20F3NO2/c1-2-9-4-7-16(10(8-9)11(17)18)6-3-5-12(13,14)15/h9-10H,2-8H2,1H3,(H,17,18). The number of piperidine rings is 1. The SMILES string of the molecule is CCC1CCN(CCCC(F)(F)F)C(C(=O)O)C1. The third kappa shape index (κ3) is 4.84. The lowest BCUT2D eigenvalue weighted by atomic mass is 9.89. The minimum Gasteiger partial charge on any atom is -0.480 e. The topological polar surface area (TPSA) is 40.5 Å². The highest BCUT2D eigenvalue weighted by atomic mass is 19.4. The summed E-state index contributed by atoms with van der Waals surface area (Å²) in [7, 11) is 0. The van der Waals surface area contributed by atoms with Crippen LogP contribution in [0.1, 0.15) is 39.0 Å². The molecule has 0 aromatic rings. The van der Waals surface area contributed by atoms with Gasteiger partial charge in [-0.1, -0.05) is 13.3 Å². The van der Waals surface area contributed by atoms with Crippen LogP contribution in [0.15, 0.2) is 0 Å².